The summed E-state index contributed by atoms with van der Waals surface area (Å²) in [4.78, 5) is 4.64. The average Bonchev–Trinajstić information content (AvgIpc) is 3.60. The van der Waals surface area contributed by atoms with E-state index < -0.39 is 21.5 Å². The lowest BCUT2D eigenvalue weighted by Crippen LogP contribution is -2.40. The number of alkyl halides is 1. The smallest absolute Gasteiger partial charge is 0.269 e. The third-order valence-electron chi connectivity index (χ3n) is 7.06. The van der Waals surface area contributed by atoms with Gasteiger partial charge in [0.15, 0.2) is 11.4 Å². The lowest BCUT2D eigenvalue weighted by Gasteiger charge is -2.39. The minimum atomic E-state index is -3.91. The Morgan fingerprint density at radius 3 is 2.37 bits per heavy atom. The first kappa shape index (κ1) is 22.4. The molecular weight excluding hydrogens is 471 g/mol. The molecule has 0 unspecified atom stereocenters. The molecule has 1 aliphatic heterocycles. The predicted octanol–water partition coefficient (Wildman–Crippen LogP) is 4.16. The molecule has 0 atom stereocenters. The first-order valence-corrected chi connectivity index (χ1v) is 13.0. The van der Waals surface area contributed by atoms with Gasteiger partial charge in [0, 0.05) is 60.6 Å². The molecule has 4 aromatic rings. The standard InChI is InChI=1S/C25H25FN4O4S/c1-29-16-18(14-28-29)22-17-30(35(31,32)20-5-3-2-4-6-20)23-21(22)13-19(15-27-23)24(26)7-9-25(10-8-24)33-11-12-34-25/h2-6,13-17H,7-12H2,1H3. The third-order valence-corrected chi connectivity index (χ3v) is 8.73. The molecule has 1 aliphatic carbocycles. The van der Waals surface area contributed by atoms with Gasteiger partial charge in [-0.25, -0.2) is 21.8 Å². The largest absolute Gasteiger partial charge is 0.348 e. The van der Waals surface area contributed by atoms with Gasteiger partial charge < -0.3 is 9.47 Å². The van der Waals surface area contributed by atoms with Crippen LogP contribution in [0.4, 0.5) is 4.39 Å². The van der Waals surface area contributed by atoms with Gasteiger partial charge in [-0.2, -0.15) is 5.10 Å². The fraction of sp³-hybridized carbons (Fsp3) is 0.360. The highest BCUT2D eigenvalue weighted by molar-refractivity contribution is 7.90. The molecule has 0 bridgehead atoms. The number of fused-ring (bicyclic) bond motifs is 1. The average molecular weight is 497 g/mol. The highest BCUT2D eigenvalue weighted by Gasteiger charge is 2.47. The number of hydrogen-bond donors (Lipinski definition) is 0. The van der Waals surface area contributed by atoms with Crippen LogP contribution in [0.15, 0.2) is 66.1 Å². The van der Waals surface area contributed by atoms with Gasteiger partial charge in [0.2, 0.25) is 0 Å². The zero-order valence-corrected chi connectivity index (χ0v) is 20.0. The topological polar surface area (TPSA) is 88.2 Å². The summed E-state index contributed by atoms with van der Waals surface area (Å²) >= 11 is 0. The second kappa shape index (κ2) is 7.97. The fourth-order valence-corrected chi connectivity index (χ4v) is 6.45. The van der Waals surface area contributed by atoms with Crippen LogP contribution in [0.1, 0.15) is 31.2 Å². The minimum absolute atomic E-state index is 0.150. The van der Waals surface area contributed by atoms with Crippen LogP contribution in [0.5, 0.6) is 0 Å². The van der Waals surface area contributed by atoms with Gasteiger partial charge in [0.1, 0.15) is 5.67 Å². The van der Waals surface area contributed by atoms with Gasteiger partial charge in [-0.15, -0.1) is 0 Å². The van der Waals surface area contributed by atoms with Crippen molar-refractivity contribution >= 4 is 21.1 Å². The van der Waals surface area contributed by atoms with Crippen LogP contribution < -0.4 is 0 Å². The van der Waals surface area contributed by atoms with Crippen LogP contribution in [0.3, 0.4) is 0 Å². The first-order valence-electron chi connectivity index (χ1n) is 11.6. The van der Waals surface area contributed by atoms with Crippen molar-refractivity contribution in [1.82, 2.24) is 18.7 Å². The molecule has 4 heterocycles. The number of halogens is 1. The van der Waals surface area contributed by atoms with Gasteiger partial charge in [0.05, 0.1) is 24.3 Å². The van der Waals surface area contributed by atoms with Crippen molar-refractivity contribution in [1.29, 1.82) is 0 Å². The molecule has 10 heteroatoms. The molecule has 0 N–H and O–H groups in total. The van der Waals surface area contributed by atoms with Gasteiger partial charge >= 0.3 is 0 Å². The zero-order chi connectivity index (χ0) is 24.3. The van der Waals surface area contributed by atoms with E-state index in [1.807, 2.05) is 0 Å². The second-order valence-electron chi connectivity index (χ2n) is 9.23. The lowest BCUT2D eigenvalue weighted by molar-refractivity contribution is -0.194. The van der Waals surface area contributed by atoms with Crippen molar-refractivity contribution in [3.63, 3.8) is 0 Å². The van der Waals surface area contributed by atoms with Crippen molar-refractivity contribution in [2.24, 2.45) is 7.05 Å². The van der Waals surface area contributed by atoms with E-state index >= 15 is 4.39 Å². The molecule has 2 fully saturated rings. The van der Waals surface area contributed by atoms with Crippen molar-refractivity contribution in [3.05, 3.63) is 66.7 Å². The lowest BCUT2D eigenvalue weighted by atomic mass is 9.78. The summed E-state index contributed by atoms with van der Waals surface area (Å²) in [6.07, 6.45) is 7.86. The molecule has 1 aromatic carbocycles. The van der Waals surface area contributed by atoms with Crippen LogP contribution in [0.2, 0.25) is 0 Å². The predicted molar refractivity (Wildman–Crippen MR) is 127 cm³/mol. The molecule has 1 saturated carbocycles. The summed E-state index contributed by atoms with van der Waals surface area (Å²) < 4.78 is 57.5. The molecule has 0 radical (unpaired) electrons. The summed E-state index contributed by atoms with van der Waals surface area (Å²) in [5.74, 6) is -0.679. The number of aryl methyl sites for hydroxylation is 1. The number of rotatable bonds is 4. The maximum atomic E-state index is 16.2. The summed E-state index contributed by atoms with van der Waals surface area (Å²) in [6.45, 7) is 1.06. The molecule has 8 nitrogen and oxygen atoms in total. The molecule has 182 valence electrons. The number of hydrogen-bond acceptors (Lipinski definition) is 6. The number of pyridine rings is 1. The van der Waals surface area contributed by atoms with E-state index in [-0.39, 0.29) is 23.4 Å². The Bertz CT molecular complexity index is 1500. The Hall–Kier alpha value is -3.08. The van der Waals surface area contributed by atoms with E-state index in [1.165, 1.54) is 10.2 Å². The zero-order valence-electron chi connectivity index (χ0n) is 19.2. The van der Waals surface area contributed by atoms with Crippen LogP contribution in [0.25, 0.3) is 22.2 Å². The van der Waals surface area contributed by atoms with E-state index in [0.29, 0.717) is 42.6 Å². The Kier molecular flexibility index (Phi) is 5.10. The van der Waals surface area contributed by atoms with Crippen molar-refractivity contribution in [2.45, 2.75) is 42.0 Å². The van der Waals surface area contributed by atoms with Crippen molar-refractivity contribution < 1.29 is 22.3 Å². The summed E-state index contributed by atoms with van der Waals surface area (Å²) in [6, 6.07) is 9.92. The second-order valence-corrected chi connectivity index (χ2v) is 11.0. The first-order chi connectivity index (χ1) is 16.8. The normalized spacial score (nSPS) is 19.5. The summed E-state index contributed by atoms with van der Waals surface area (Å²) in [5, 5.41) is 4.79. The van der Waals surface area contributed by atoms with Crippen molar-refractivity contribution in [2.75, 3.05) is 13.2 Å². The van der Waals surface area contributed by atoms with Crippen LogP contribution in [0, 0.1) is 0 Å². The van der Waals surface area contributed by atoms with Crippen LogP contribution >= 0.6 is 0 Å². The molecule has 3 aromatic heterocycles. The Balaban J connectivity index is 1.47. The van der Waals surface area contributed by atoms with Gasteiger partial charge in [-0.3, -0.25) is 4.68 Å². The molecule has 2 aliphatic rings. The van der Waals surface area contributed by atoms with E-state index in [2.05, 4.69) is 10.1 Å². The number of nitrogens with zero attached hydrogens (tertiary/aromatic N) is 4. The number of ether oxygens (including phenoxy) is 2. The van der Waals surface area contributed by atoms with E-state index in [9.17, 15) is 8.42 Å². The van der Waals surface area contributed by atoms with Gasteiger partial charge in [-0.1, -0.05) is 18.2 Å². The maximum Gasteiger partial charge on any atom is 0.269 e. The molecule has 6 rings (SSSR count). The quantitative estimate of drug-likeness (QED) is 0.422. The van der Waals surface area contributed by atoms with Crippen LogP contribution in [-0.4, -0.2) is 46.2 Å². The third kappa shape index (κ3) is 3.67. The Labute approximate surface area is 202 Å². The molecule has 35 heavy (non-hydrogen) atoms. The summed E-state index contributed by atoms with van der Waals surface area (Å²) in [5.41, 5.74) is 0.420. The fourth-order valence-electron chi connectivity index (χ4n) is 5.11. The maximum absolute atomic E-state index is 16.2. The minimum Gasteiger partial charge on any atom is -0.348 e. The van der Waals surface area contributed by atoms with Gasteiger partial charge in [0.25, 0.3) is 10.0 Å². The van der Waals surface area contributed by atoms with Crippen LogP contribution in [-0.2, 0) is 32.2 Å². The van der Waals surface area contributed by atoms with E-state index in [0.717, 1.165) is 5.56 Å². The highest BCUT2D eigenvalue weighted by atomic mass is 32.2. The summed E-state index contributed by atoms with van der Waals surface area (Å²) in [7, 11) is -2.13. The highest BCUT2D eigenvalue weighted by Crippen LogP contribution is 2.48. The number of benzene rings is 1. The van der Waals surface area contributed by atoms with E-state index in [4.69, 9.17) is 9.47 Å². The molecule has 0 amide bonds. The van der Waals surface area contributed by atoms with E-state index in [1.54, 1.807) is 66.7 Å². The molecule has 1 saturated heterocycles. The Morgan fingerprint density at radius 2 is 1.71 bits per heavy atom. The monoisotopic (exact) mass is 496 g/mol. The Morgan fingerprint density at radius 1 is 1.00 bits per heavy atom. The van der Waals surface area contributed by atoms with Crippen molar-refractivity contribution in [3.8, 4) is 11.1 Å². The van der Waals surface area contributed by atoms with Gasteiger partial charge in [-0.05, 0) is 31.0 Å². The molecular formula is C25H25FN4O4S. The number of aromatic nitrogens is 4. The molecule has 1 spiro atoms. The SMILES string of the molecule is Cn1cc(-c2cn(S(=O)(=O)c3ccccc3)c3ncc(C4(F)CCC5(CC4)OCCO5)cc23)cn1.